The second-order valence-corrected chi connectivity index (χ2v) is 8.55. The van der Waals surface area contributed by atoms with Crippen LogP contribution in [0.3, 0.4) is 0 Å². The number of amides is 2. The molecular formula is C21H16Cl3NO5S. The Hall–Kier alpha value is -2.19. The largest absolute Gasteiger partial charge is 0.486 e. The minimum absolute atomic E-state index is 0.149. The van der Waals surface area contributed by atoms with Gasteiger partial charge < -0.3 is 9.47 Å². The number of nitrogens with zero attached hydrogens (tertiary/aromatic N) is 1. The van der Waals surface area contributed by atoms with Gasteiger partial charge in [0.2, 0.25) is 0 Å². The molecule has 1 heterocycles. The van der Waals surface area contributed by atoms with E-state index in [-0.39, 0.29) is 28.2 Å². The third-order valence-electron chi connectivity index (χ3n) is 4.08. The quantitative estimate of drug-likeness (QED) is 0.352. The molecule has 0 aromatic heterocycles. The average molecular weight is 501 g/mol. The van der Waals surface area contributed by atoms with Crippen molar-refractivity contribution in [2.75, 3.05) is 13.2 Å². The van der Waals surface area contributed by atoms with Crippen LogP contribution in [0.2, 0.25) is 15.1 Å². The normalized spacial score (nSPS) is 15.0. The molecule has 0 aliphatic carbocycles. The molecule has 6 nitrogen and oxygen atoms in total. The van der Waals surface area contributed by atoms with Crippen LogP contribution in [0.4, 0.5) is 4.79 Å². The van der Waals surface area contributed by atoms with Crippen LogP contribution in [0.5, 0.6) is 5.75 Å². The molecule has 0 bridgehead atoms. The summed E-state index contributed by atoms with van der Waals surface area (Å²) < 4.78 is 10.5. The van der Waals surface area contributed by atoms with Crippen LogP contribution < -0.4 is 4.74 Å². The van der Waals surface area contributed by atoms with Crippen molar-refractivity contribution in [3.63, 3.8) is 0 Å². The fraction of sp³-hybridized carbons (Fsp3) is 0.190. The topological polar surface area (TPSA) is 72.9 Å². The van der Waals surface area contributed by atoms with E-state index in [9.17, 15) is 14.4 Å². The van der Waals surface area contributed by atoms with E-state index in [1.54, 1.807) is 31.2 Å². The number of thioether (sulfide) groups is 1. The van der Waals surface area contributed by atoms with Gasteiger partial charge in [-0.1, -0.05) is 46.9 Å². The van der Waals surface area contributed by atoms with E-state index in [2.05, 4.69) is 0 Å². The van der Waals surface area contributed by atoms with Crippen molar-refractivity contribution >= 4 is 69.8 Å². The lowest BCUT2D eigenvalue weighted by molar-refractivity contribution is -0.145. The Kier molecular flexibility index (Phi) is 7.89. The number of esters is 1. The molecular weight excluding hydrogens is 485 g/mol. The average Bonchev–Trinajstić information content (AvgIpc) is 2.96. The Morgan fingerprint density at radius 3 is 2.35 bits per heavy atom. The van der Waals surface area contributed by atoms with Crippen LogP contribution in [0.25, 0.3) is 6.08 Å². The van der Waals surface area contributed by atoms with Crippen LogP contribution in [0.1, 0.15) is 18.1 Å². The molecule has 2 amide bonds. The van der Waals surface area contributed by atoms with Crippen molar-refractivity contribution in [2.24, 2.45) is 0 Å². The molecule has 1 saturated heterocycles. The van der Waals surface area contributed by atoms with E-state index in [1.807, 2.05) is 12.1 Å². The van der Waals surface area contributed by atoms with Gasteiger partial charge in [0.25, 0.3) is 11.1 Å². The Bertz CT molecular complexity index is 1030. The van der Waals surface area contributed by atoms with E-state index >= 15 is 0 Å². The summed E-state index contributed by atoms with van der Waals surface area (Å²) in [4.78, 5) is 37.2. The SMILES string of the molecule is CCOC(=O)CN1C(=O)S/C(=C/c2cc(Cl)c(OCc3ccc(Cl)cc3)c(Cl)c2)C1=O. The van der Waals surface area contributed by atoms with Crippen molar-refractivity contribution in [1.29, 1.82) is 0 Å². The molecule has 0 N–H and O–H groups in total. The van der Waals surface area contributed by atoms with Crippen molar-refractivity contribution in [3.05, 3.63) is 67.5 Å². The monoisotopic (exact) mass is 499 g/mol. The summed E-state index contributed by atoms with van der Waals surface area (Å²) in [5.41, 5.74) is 1.39. The molecule has 0 saturated carbocycles. The molecule has 2 aromatic carbocycles. The van der Waals surface area contributed by atoms with Gasteiger partial charge in [0.1, 0.15) is 13.2 Å². The lowest BCUT2D eigenvalue weighted by atomic mass is 10.2. The Morgan fingerprint density at radius 2 is 1.74 bits per heavy atom. The summed E-state index contributed by atoms with van der Waals surface area (Å²) in [5, 5.41) is 0.567. The van der Waals surface area contributed by atoms with Crippen molar-refractivity contribution in [3.8, 4) is 5.75 Å². The minimum Gasteiger partial charge on any atom is -0.486 e. The fourth-order valence-corrected chi connectivity index (χ4v) is 4.24. The minimum atomic E-state index is -0.653. The molecule has 1 aliphatic heterocycles. The van der Waals surface area contributed by atoms with Gasteiger partial charge in [-0.25, -0.2) is 0 Å². The number of rotatable bonds is 7. The third kappa shape index (κ3) is 5.95. The molecule has 1 fully saturated rings. The predicted molar refractivity (Wildman–Crippen MR) is 122 cm³/mol. The highest BCUT2D eigenvalue weighted by molar-refractivity contribution is 8.18. The number of carbonyl (C=O) groups excluding carboxylic acids is 3. The van der Waals surface area contributed by atoms with Gasteiger partial charge in [0.05, 0.1) is 21.6 Å². The molecule has 3 rings (SSSR count). The third-order valence-corrected chi connectivity index (χ3v) is 5.80. The van der Waals surface area contributed by atoms with E-state index in [0.29, 0.717) is 16.3 Å². The molecule has 1 aliphatic rings. The molecule has 31 heavy (non-hydrogen) atoms. The Labute approximate surface area is 198 Å². The number of hydrogen-bond acceptors (Lipinski definition) is 6. The van der Waals surface area contributed by atoms with Crippen molar-refractivity contribution < 1.29 is 23.9 Å². The smallest absolute Gasteiger partial charge is 0.326 e. The van der Waals surface area contributed by atoms with E-state index in [0.717, 1.165) is 22.2 Å². The number of hydrogen-bond donors (Lipinski definition) is 0. The van der Waals surface area contributed by atoms with Gasteiger partial charge in [-0.05, 0) is 60.2 Å². The number of ether oxygens (including phenoxy) is 2. The van der Waals surface area contributed by atoms with Gasteiger partial charge in [0.15, 0.2) is 5.75 Å². The zero-order valence-corrected chi connectivity index (χ0v) is 19.3. The first-order valence-corrected chi connectivity index (χ1v) is 11.0. The lowest BCUT2D eigenvalue weighted by Crippen LogP contribution is -2.34. The highest BCUT2D eigenvalue weighted by atomic mass is 35.5. The molecule has 0 atom stereocenters. The van der Waals surface area contributed by atoms with Crippen LogP contribution in [0.15, 0.2) is 41.3 Å². The molecule has 0 spiro atoms. The van der Waals surface area contributed by atoms with Gasteiger partial charge in [-0.15, -0.1) is 0 Å². The van der Waals surface area contributed by atoms with Gasteiger partial charge >= 0.3 is 5.97 Å². The lowest BCUT2D eigenvalue weighted by Gasteiger charge is -2.12. The number of carbonyl (C=O) groups is 3. The maximum Gasteiger partial charge on any atom is 0.326 e. The number of benzene rings is 2. The summed E-state index contributed by atoms with van der Waals surface area (Å²) >= 11 is 19.2. The highest BCUT2D eigenvalue weighted by Crippen LogP contribution is 2.37. The molecule has 0 unspecified atom stereocenters. The molecule has 10 heteroatoms. The van der Waals surface area contributed by atoms with Crippen LogP contribution >= 0.6 is 46.6 Å². The first kappa shape index (κ1) is 23.5. The molecule has 2 aromatic rings. The summed E-state index contributed by atoms with van der Waals surface area (Å²) in [6.07, 6.45) is 1.48. The zero-order chi connectivity index (χ0) is 22.5. The maximum absolute atomic E-state index is 12.5. The summed E-state index contributed by atoms with van der Waals surface area (Å²) in [5.74, 6) is -0.941. The standard InChI is InChI=1S/C21H16Cl3NO5S/c1-2-29-18(26)10-25-20(27)17(31-21(25)28)9-13-7-15(23)19(16(24)8-13)30-11-12-3-5-14(22)6-4-12/h3-9H,2,10-11H2,1H3/b17-9+. The summed E-state index contributed by atoms with van der Waals surface area (Å²) in [6.45, 7) is 1.60. The number of imide groups is 1. The van der Waals surface area contributed by atoms with E-state index < -0.39 is 23.7 Å². The number of halogens is 3. The maximum atomic E-state index is 12.5. The highest BCUT2D eigenvalue weighted by Gasteiger charge is 2.36. The fourth-order valence-electron chi connectivity index (χ4n) is 2.66. The van der Waals surface area contributed by atoms with Crippen LogP contribution in [-0.2, 0) is 20.9 Å². The van der Waals surface area contributed by atoms with Crippen molar-refractivity contribution in [1.82, 2.24) is 4.90 Å². The molecule has 162 valence electrons. The molecule has 0 radical (unpaired) electrons. The van der Waals surface area contributed by atoms with Crippen LogP contribution in [0, 0.1) is 0 Å². The van der Waals surface area contributed by atoms with E-state index in [4.69, 9.17) is 44.3 Å². The Balaban J connectivity index is 1.74. The van der Waals surface area contributed by atoms with Crippen LogP contribution in [-0.4, -0.2) is 35.2 Å². The van der Waals surface area contributed by atoms with Gasteiger partial charge in [0, 0.05) is 5.02 Å². The second-order valence-electron chi connectivity index (χ2n) is 6.30. The first-order chi connectivity index (χ1) is 14.8. The van der Waals surface area contributed by atoms with Crippen molar-refractivity contribution in [2.45, 2.75) is 13.5 Å². The van der Waals surface area contributed by atoms with E-state index in [1.165, 1.54) is 6.08 Å². The Morgan fingerprint density at radius 1 is 1.10 bits per heavy atom. The predicted octanol–water partition coefficient (Wildman–Crippen LogP) is 5.83. The first-order valence-electron chi connectivity index (χ1n) is 9.05. The zero-order valence-electron chi connectivity index (χ0n) is 16.2. The van der Waals surface area contributed by atoms with Gasteiger partial charge in [-0.3, -0.25) is 19.3 Å². The second kappa shape index (κ2) is 10.4. The van der Waals surface area contributed by atoms with Gasteiger partial charge in [-0.2, -0.15) is 0 Å². The summed E-state index contributed by atoms with van der Waals surface area (Å²) in [6, 6.07) is 10.3. The summed E-state index contributed by atoms with van der Waals surface area (Å²) in [7, 11) is 0.